The van der Waals surface area contributed by atoms with Crippen molar-refractivity contribution < 1.29 is 4.76 Å². The van der Waals surface area contributed by atoms with Crippen molar-refractivity contribution in [1.29, 1.82) is 0 Å². The summed E-state index contributed by atoms with van der Waals surface area (Å²) in [5.41, 5.74) is -1.22. The summed E-state index contributed by atoms with van der Waals surface area (Å²) in [6.07, 6.45) is 1.23. The van der Waals surface area contributed by atoms with Crippen LogP contribution in [0.15, 0.2) is 12.4 Å². The maximum Gasteiger partial charge on any atom is 0.366 e. The molecule has 0 spiro atoms. The molecular formula is C12H20N4O2. The number of aromatic nitrogens is 2. The summed E-state index contributed by atoms with van der Waals surface area (Å²) >= 11 is 0. The molecule has 0 saturated heterocycles. The van der Waals surface area contributed by atoms with E-state index in [1.54, 1.807) is 41.5 Å². The molecule has 0 bridgehead atoms. The van der Waals surface area contributed by atoms with E-state index in [0.717, 1.165) is 9.82 Å². The highest BCUT2D eigenvalue weighted by atomic mass is 16.5. The molecule has 6 heteroatoms. The molecule has 0 fully saturated rings. The van der Waals surface area contributed by atoms with Gasteiger partial charge in [0.2, 0.25) is 6.33 Å². The van der Waals surface area contributed by atoms with Crippen LogP contribution in [0.25, 0.3) is 0 Å². The molecule has 0 amide bonds. The molecule has 0 N–H and O–H groups in total. The average Bonchev–Trinajstić information content (AvgIpc) is 2.24. The van der Waals surface area contributed by atoms with Crippen LogP contribution in [-0.4, -0.2) is 25.8 Å². The summed E-state index contributed by atoms with van der Waals surface area (Å²) in [7, 11) is 0. The number of hydrogen-bond acceptors (Lipinski definition) is 5. The molecule has 0 saturated carbocycles. The van der Waals surface area contributed by atoms with Crippen LogP contribution < -0.4 is 5.06 Å². The summed E-state index contributed by atoms with van der Waals surface area (Å²) in [6.45, 7) is 10.7. The van der Waals surface area contributed by atoms with E-state index >= 15 is 0 Å². The number of hydrogen-bond donors (Lipinski definition) is 0. The van der Waals surface area contributed by atoms with Crippen molar-refractivity contribution in [2.45, 2.75) is 52.6 Å². The Hall–Kier alpha value is -1.56. The Balaban J connectivity index is 3.11. The van der Waals surface area contributed by atoms with Gasteiger partial charge in [-0.1, -0.05) is 4.91 Å². The van der Waals surface area contributed by atoms with Crippen LogP contribution in [0.4, 0.5) is 11.6 Å². The molecule has 100 valence electrons. The second-order valence-electron chi connectivity index (χ2n) is 6.16. The maximum atomic E-state index is 12.0. The summed E-state index contributed by atoms with van der Waals surface area (Å²) in [5, 5.41) is 12.8. The van der Waals surface area contributed by atoms with Gasteiger partial charge in [-0.25, -0.2) is 0 Å². The van der Waals surface area contributed by atoms with Crippen LogP contribution in [-0.2, 0) is 0 Å². The second-order valence-corrected chi connectivity index (χ2v) is 6.16. The average molecular weight is 252 g/mol. The topological polar surface area (TPSA) is 72.2 Å². The molecule has 0 aliphatic rings. The van der Waals surface area contributed by atoms with Gasteiger partial charge in [0.15, 0.2) is 0 Å². The molecule has 0 atom stereocenters. The smallest absolute Gasteiger partial charge is 0.366 e. The lowest BCUT2D eigenvalue weighted by Gasteiger charge is -2.41. The quantitative estimate of drug-likeness (QED) is 0.597. The fourth-order valence-electron chi connectivity index (χ4n) is 1.25. The largest absolute Gasteiger partial charge is 0.757 e. The van der Waals surface area contributed by atoms with E-state index in [4.69, 9.17) is 0 Å². The zero-order valence-corrected chi connectivity index (χ0v) is 11.8. The number of hydroxylamine groups is 1. The standard InChI is InChI=1S/C12H20N4O2/c1-11(2,3)15(17)9-7-10(14-8-13-9)16(18)12(4,5)6/h7-8H,1-6H3. The Morgan fingerprint density at radius 3 is 2.17 bits per heavy atom. The van der Waals surface area contributed by atoms with Crippen molar-refractivity contribution in [3.8, 4) is 0 Å². The van der Waals surface area contributed by atoms with Gasteiger partial charge in [-0.05, 0) is 51.3 Å². The van der Waals surface area contributed by atoms with E-state index < -0.39 is 11.1 Å². The van der Waals surface area contributed by atoms with Crippen LogP contribution in [0.3, 0.4) is 0 Å². The van der Waals surface area contributed by atoms with Crippen molar-refractivity contribution in [3.63, 3.8) is 0 Å². The van der Waals surface area contributed by atoms with Crippen LogP contribution in [0.2, 0.25) is 0 Å². The van der Waals surface area contributed by atoms with E-state index in [-0.39, 0.29) is 11.6 Å². The van der Waals surface area contributed by atoms with Gasteiger partial charge in [0.25, 0.3) is 0 Å². The fourth-order valence-corrected chi connectivity index (χ4v) is 1.25. The SMILES string of the molecule is CC(C)(C)N([O-])c1cc([N+](=O)C(C)(C)C)ncn1. The molecule has 6 nitrogen and oxygen atoms in total. The fraction of sp³-hybridized carbons (Fsp3) is 0.667. The third kappa shape index (κ3) is 3.22. The van der Waals surface area contributed by atoms with Crippen molar-refractivity contribution in [2.24, 2.45) is 0 Å². The van der Waals surface area contributed by atoms with Crippen molar-refractivity contribution in [1.82, 2.24) is 9.97 Å². The molecule has 0 radical (unpaired) electrons. The molecular weight excluding hydrogens is 232 g/mol. The van der Waals surface area contributed by atoms with E-state index in [0.29, 0.717) is 0 Å². The lowest BCUT2D eigenvalue weighted by Crippen LogP contribution is -2.37. The summed E-state index contributed by atoms with van der Waals surface area (Å²) in [5.74, 6) is 0.384. The minimum atomic E-state index is -0.610. The molecule has 0 unspecified atom stereocenters. The Labute approximate surface area is 107 Å². The first-order valence-corrected chi connectivity index (χ1v) is 5.80. The Bertz CT molecular complexity index is 446. The van der Waals surface area contributed by atoms with Gasteiger partial charge in [-0.15, -0.1) is 0 Å². The van der Waals surface area contributed by atoms with E-state index in [9.17, 15) is 10.1 Å². The van der Waals surface area contributed by atoms with Gasteiger partial charge in [0, 0.05) is 5.54 Å². The van der Waals surface area contributed by atoms with Crippen molar-refractivity contribution >= 4 is 11.6 Å². The molecule has 1 heterocycles. The third-order valence-electron chi connectivity index (χ3n) is 2.27. The number of anilines is 1. The van der Waals surface area contributed by atoms with Gasteiger partial charge < -0.3 is 10.3 Å². The van der Waals surface area contributed by atoms with Crippen molar-refractivity contribution in [2.75, 3.05) is 5.06 Å². The third-order valence-corrected chi connectivity index (χ3v) is 2.27. The van der Waals surface area contributed by atoms with Gasteiger partial charge in [0.1, 0.15) is 11.4 Å². The summed E-state index contributed by atoms with van der Waals surface area (Å²) in [6, 6.07) is 1.41. The highest BCUT2D eigenvalue weighted by Crippen LogP contribution is 2.24. The minimum absolute atomic E-state index is 0.192. The zero-order valence-electron chi connectivity index (χ0n) is 11.8. The zero-order chi connectivity index (χ0) is 14.1. The maximum absolute atomic E-state index is 12.0. The molecule has 1 aromatic rings. The lowest BCUT2D eigenvalue weighted by molar-refractivity contribution is -0.543. The van der Waals surface area contributed by atoms with Crippen LogP contribution in [0.5, 0.6) is 0 Å². The van der Waals surface area contributed by atoms with Gasteiger partial charge in [-0.3, -0.25) is 0 Å². The Morgan fingerprint density at radius 1 is 1.17 bits per heavy atom. The summed E-state index contributed by atoms with van der Waals surface area (Å²) < 4.78 is 0.772. The highest BCUT2D eigenvalue weighted by Gasteiger charge is 2.29. The van der Waals surface area contributed by atoms with Crippen LogP contribution in [0, 0.1) is 10.1 Å². The van der Waals surface area contributed by atoms with E-state index in [1.165, 1.54) is 12.4 Å². The minimum Gasteiger partial charge on any atom is -0.757 e. The van der Waals surface area contributed by atoms with Crippen molar-refractivity contribution in [3.05, 3.63) is 22.5 Å². The molecule has 0 aliphatic carbocycles. The summed E-state index contributed by atoms with van der Waals surface area (Å²) in [4.78, 5) is 19.8. The Kier molecular flexibility index (Phi) is 3.71. The number of rotatable bonds is 2. The van der Waals surface area contributed by atoms with E-state index in [1.807, 2.05) is 0 Å². The van der Waals surface area contributed by atoms with Crippen LogP contribution >= 0.6 is 0 Å². The van der Waals surface area contributed by atoms with Gasteiger partial charge in [-0.2, -0.15) is 4.98 Å². The molecule has 18 heavy (non-hydrogen) atoms. The molecule has 1 rings (SSSR count). The number of nitrogens with zero attached hydrogens (tertiary/aromatic N) is 4. The van der Waals surface area contributed by atoms with E-state index in [2.05, 4.69) is 9.97 Å². The Morgan fingerprint density at radius 2 is 1.72 bits per heavy atom. The first-order valence-electron chi connectivity index (χ1n) is 5.80. The predicted octanol–water partition coefficient (Wildman–Crippen LogP) is 2.79. The monoisotopic (exact) mass is 252 g/mol. The van der Waals surface area contributed by atoms with Gasteiger partial charge >= 0.3 is 5.82 Å². The molecule has 0 aromatic carbocycles. The number of nitroso groups, excluding NO2 is 1. The normalized spacial score (nSPS) is 12.4. The second kappa shape index (κ2) is 4.61. The van der Waals surface area contributed by atoms with Crippen LogP contribution in [0.1, 0.15) is 41.5 Å². The molecule has 0 aliphatic heterocycles. The first-order chi connectivity index (χ1) is 8.03. The van der Waals surface area contributed by atoms with Gasteiger partial charge in [0.05, 0.1) is 6.07 Å². The lowest BCUT2D eigenvalue weighted by atomic mass is 10.1. The first kappa shape index (κ1) is 14.5. The highest BCUT2D eigenvalue weighted by molar-refractivity contribution is 5.46. The molecule has 1 aromatic heterocycles. The predicted molar refractivity (Wildman–Crippen MR) is 70.7 cm³/mol.